The summed E-state index contributed by atoms with van der Waals surface area (Å²) in [5.41, 5.74) is 1.32. The van der Waals surface area contributed by atoms with Crippen molar-refractivity contribution in [1.29, 1.82) is 0 Å². The van der Waals surface area contributed by atoms with Crippen molar-refractivity contribution in [2.24, 2.45) is 5.92 Å². The van der Waals surface area contributed by atoms with Gasteiger partial charge in [0.15, 0.2) is 0 Å². The van der Waals surface area contributed by atoms with Crippen LogP contribution in [-0.4, -0.2) is 63.9 Å². The maximum absolute atomic E-state index is 12.6. The lowest BCUT2D eigenvalue weighted by molar-refractivity contribution is -0.144. The Bertz CT molecular complexity index is 864. The van der Waals surface area contributed by atoms with Crippen LogP contribution in [0.5, 0.6) is 0 Å². The summed E-state index contributed by atoms with van der Waals surface area (Å²) in [7, 11) is 0. The minimum absolute atomic E-state index is 0.0370. The molecule has 0 aliphatic carbocycles. The van der Waals surface area contributed by atoms with Crippen LogP contribution in [0.2, 0.25) is 0 Å². The van der Waals surface area contributed by atoms with Gasteiger partial charge in [-0.2, -0.15) is 0 Å². The van der Waals surface area contributed by atoms with Crippen LogP contribution in [0, 0.1) is 5.92 Å². The number of aromatic nitrogens is 2. The van der Waals surface area contributed by atoms with Gasteiger partial charge in [0.1, 0.15) is 5.92 Å². The van der Waals surface area contributed by atoms with Crippen molar-refractivity contribution in [3.63, 3.8) is 0 Å². The maximum Gasteiger partial charge on any atom is 0.315 e. The molecule has 2 aromatic rings. The van der Waals surface area contributed by atoms with Gasteiger partial charge in [-0.05, 0) is 30.7 Å². The Morgan fingerprint density at radius 3 is 2.28 bits per heavy atom. The number of anilines is 2. The minimum Gasteiger partial charge on any atom is -0.481 e. The first-order chi connectivity index (χ1) is 13.9. The van der Waals surface area contributed by atoms with Crippen molar-refractivity contribution in [3.8, 4) is 0 Å². The number of carboxylic acids is 1. The Kier molecular flexibility index (Phi) is 6.38. The number of benzene rings is 1. The molecule has 1 atom stereocenters. The highest BCUT2D eigenvalue weighted by Gasteiger charge is 2.23. The Morgan fingerprint density at radius 2 is 1.69 bits per heavy atom. The van der Waals surface area contributed by atoms with E-state index >= 15 is 0 Å². The summed E-state index contributed by atoms with van der Waals surface area (Å²) in [6, 6.07) is 8.62. The van der Waals surface area contributed by atoms with E-state index < -0.39 is 17.8 Å². The average molecular weight is 397 g/mol. The van der Waals surface area contributed by atoms with Crippen LogP contribution < -0.4 is 10.2 Å². The molecule has 29 heavy (non-hydrogen) atoms. The molecule has 9 heteroatoms. The molecular formula is C20H23N5O4. The van der Waals surface area contributed by atoms with E-state index in [0.29, 0.717) is 37.8 Å². The van der Waals surface area contributed by atoms with Crippen LogP contribution >= 0.6 is 0 Å². The van der Waals surface area contributed by atoms with Crippen LogP contribution in [0.1, 0.15) is 12.5 Å². The van der Waals surface area contributed by atoms with Crippen molar-refractivity contribution >= 4 is 29.4 Å². The molecule has 0 bridgehead atoms. The second kappa shape index (κ2) is 9.13. The summed E-state index contributed by atoms with van der Waals surface area (Å²) >= 11 is 0. The highest BCUT2D eigenvalue weighted by atomic mass is 16.4. The molecular weight excluding hydrogens is 374 g/mol. The van der Waals surface area contributed by atoms with Crippen molar-refractivity contribution < 1.29 is 19.5 Å². The Labute approximate surface area is 168 Å². The topological polar surface area (TPSA) is 116 Å². The number of piperazine rings is 1. The SMILES string of the molecule is CC(C(=O)O)C(=O)Nc1ccc(CC(=O)N2CCN(c3ncccn3)CC2)cc1. The number of aliphatic carboxylic acids is 1. The quantitative estimate of drug-likeness (QED) is 0.699. The minimum atomic E-state index is -1.18. The molecule has 9 nitrogen and oxygen atoms in total. The molecule has 1 unspecified atom stereocenters. The molecule has 2 N–H and O–H groups in total. The fourth-order valence-corrected chi connectivity index (χ4v) is 2.97. The zero-order valence-corrected chi connectivity index (χ0v) is 16.1. The van der Waals surface area contributed by atoms with Crippen molar-refractivity contribution in [1.82, 2.24) is 14.9 Å². The molecule has 1 aliphatic heterocycles. The number of rotatable bonds is 6. The van der Waals surface area contributed by atoms with E-state index in [4.69, 9.17) is 5.11 Å². The monoisotopic (exact) mass is 397 g/mol. The second-order valence-corrected chi connectivity index (χ2v) is 6.84. The molecule has 3 rings (SSSR count). The largest absolute Gasteiger partial charge is 0.481 e. The zero-order chi connectivity index (χ0) is 20.8. The van der Waals surface area contributed by atoms with E-state index in [9.17, 15) is 14.4 Å². The number of carbonyl (C=O) groups excluding carboxylic acids is 2. The van der Waals surface area contributed by atoms with E-state index in [1.165, 1.54) is 6.92 Å². The molecule has 2 heterocycles. The third kappa shape index (κ3) is 5.28. The molecule has 1 aromatic carbocycles. The molecule has 1 aliphatic rings. The van der Waals surface area contributed by atoms with Crippen LogP contribution in [0.25, 0.3) is 0 Å². The van der Waals surface area contributed by atoms with Gasteiger partial charge in [-0.25, -0.2) is 9.97 Å². The highest BCUT2D eigenvalue weighted by molar-refractivity contribution is 6.03. The van der Waals surface area contributed by atoms with Crippen molar-refractivity contribution in [2.75, 3.05) is 36.4 Å². The molecule has 2 amide bonds. The third-order valence-electron chi connectivity index (χ3n) is 4.81. The summed E-state index contributed by atoms with van der Waals surface area (Å²) in [5.74, 6) is -2.18. The number of carbonyl (C=O) groups is 3. The maximum atomic E-state index is 12.6. The smallest absolute Gasteiger partial charge is 0.315 e. The van der Waals surface area contributed by atoms with Gasteiger partial charge < -0.3 is 20.2 Å². The molecule has 0 radical (unpaired) electrons. The van der Waals surface area contributed by atoms with Crippen LogP contribution in [0.4, 0.5) is 11.6 Å². The molecule has 0 saturated carbocycles. The van der Waals surface area contributed by atoms with Gasteiger partial charge in [-0.1, -0.05) is 12.1 Å². The van der Waals surface area contributed by atoms with Crippen LogP contribution in [-0.2, 0) is 20.8 Å². The van der Waals surface area contributed by atoms with Crippen LogP contribution in [0.3, 0.4) is 0 Å². The summed E-state index contributed by atoms with van der Waals surface area (Å²) in [6.07, 6.45) is 3.67. The normalized spacial score (nSPS) is 14.9. The van der Waals surface area contributed by atoms with Crippen molar-refractivity contribution in [2.45, 2.75) is 13.3 Å². The van der Waals surface area contributed by atoms with Gasteiger partial charge in [0.05, 0.1) is 6.42 Å². The van der Waals surface area contributed by atoms with Gasteiger partial charge in [0.25, 0.3) is 0 Å². The first-order valence-electron chi connectivity index (χ1n) is 9.36. The number of amides is 2. The zero-order valence-electron chi connectivity index (χ0n) is 16.1. The lowest BCUT2D eigenvalue weighted by Gasteiger charge is -2.34. The number of hydrogen-bond acceptors (Lipinski definition) is 6. The molecule has 152 valence electrons. The van der Waals surface area contributed by atoms with E-state index in [1.54, 1.807) is 42.7 Å². The van der Waals surface area contributed by atoms with Gasteiger partial charge in [-0.3, -0.25) is 14.4 Å². The molecule has 1 aromatic heterocycles. The number of nitrogens with one attached hydrogen (secondary N) is 1. The standard InChI is InChI=1S/C20H23N5O4/c1-14(19(28)29)18(27)23-16-5-3-15(4-6-16)13-17(26)24-9-11-25(12-10-24)20-21-7-2-8-22-20/h2-8,14H,9-13H2,1H3,(H,23,27)(H,28,29). The highest BCUT2D eigenvalue weighted by Crippen LogP contribution is 2.14. The summed E-state index contributed by atoms with van der Waals surface area (Å²) in [5, 5.41) is 11.4. The van der Waals surface area contributed by atoms with Crippen LogP contribution in [0.15, 0.2) is 42.7 Å². The van der Waals surface area contributed by atoms with E-state index in [-0.39, 0.29) is 12.3 Å². The molecule has 1 saturated heterocycles. The Balaban J connectivity index is 1.50. The Hall–Kier alpha value is -3.49. The molecule has 1 fully saturated rings. The van der Waals surface area contributed by atoms with Gasteiger partial charge >= 0.3 is 5.97 Å². The fourth-order valence-electron chi connectivity index (χ4n) is 2.97. The lowest BCUT2D eigenvalue weighted by atomic mass is 10.1. The summed E-state index contributed by atoms with van der Waals surface area (Å²) in [6.45, 7) is 3.91. The number of carboxylic acid groups (broad SMARTS) is 1. The number of nitrogens with zero attached hydrogens (tertiary/aromatic N) is 4. The van der Waals surface area contributed by atoms with E-state index in [0.717, 1.165) is 5.56 Å². The Morgan fingerprint density at radius 1 is 1.07 bits per heavy atom. The predicted molar refractivity (Wildman–Crippen MR) is 106 cm³/mol. The van der Waals surface area contributed by atoms with E-state index in [1.807, 2.05) is 4.90 Å². The second-order valence-electron chi connectivity index (χ2n) is 6.84. The predicted octanol–water partition coefficient (Wildman–Crippen LogP) is 1.03. The molecule has 0 spiro atoms. The average Bonchev–Trinajstić information content (AvgIpc) is 2.75. The first-order valence-corrected chi connectivity index (χ1v) is 9.36. The number of hydrogen-bond donors (Lipinski definition) is 2. The van der Waals surface area contributed by atoms with Gasteiger partial charge in [0, 0.05) is 44.3 Å². The lowest BCUT2D eigenvalue weighted by Crippen LogP contribution is -2.49. The first kappa shape index (κ1) is 20.2. The van der Waals surface area contributed by atoms with Gasteiger partial charge in [-0.15, -0.1) is 0 Å². The van der Waals surface area contributed by atoms with Gasteiger partial charge in [0.2, 0.25) is 17.8 Å². The summed E-state index contributed by atoms with van der Waals surface area (Å²) in [4.78, 5) is 47.6. The van der Waals surface area contributed by atoms with Crippen molar-refractivity contribution in [3.05, 3.63) is 48.3 Å². The third-order valence-corrected chi connectivity index (χ3v) is 4.81. The summed E-state index contributed by atoms with van der Waals surface area (Å²) < 4.78 is 0. The fraction of sp³-hybridized carbons (Fsp3) is 0.350. The van der Waals surface area contributed by atoms with E-state index in [2.05, 4.69) is 20.2 Å².